The first-order valence-electron chi connectivity index (χ1n) is 7.23. The summed E-state index contributed by atoms with van der Waals surface area (Å²) < 4.78 is 5.74. The van der Waals surface area contributed by atoms with Gasteiger partial charge < -0.3 is 10.1 Å². The van der Waals surface area contributed by atoms with E-state index in [0.29, 0.717) is 17.9 Å². The highest BCUT2D eigenvalue weighted by Crippen LogP contribution is 2.21. The van der Waals surface area contributed by atoms with E-state index >= 15 is 0 Å². The van der Waals surface area contributed by atoms with Crippen molar-refractivity contribution in [1.29, 1.82) is 0 Å². The van der Waals surface area contributed by atoms with Gasteiger partial charge in [0.25, 0.3) is 5.91 Å². The van der Waals surface area contributed by atoms with Gasteiger partial charge in [-0.25, -0.2) is 4.98 Å². The molecule has 5 heteroatoms. The standard InChI is InChI=1S/C18H16N2O2S/c1-13-20-15(12-23-13)11-19-18(21)14-6-5-9-17(10-14)22-16-7-3-2-4-8-16/h2-10,12H,11H2,1H3,(H,19,21). The van der Waals surface area contributed by atoms with Crippen LogP contribution in [0.2, 0.25) is 0 Å². The van der Waals surface area contributed by atoms with Crippen molar-refractivity contribution in [3.05, 3.63) is 76.2 Å². The number of para-hydroxylation sites is 1. The Bertz CT molecular complexity index is 800. The normalized spacial score (nSPS) is 10.3. The third kappa shape index (κ3) is 4.17. The Labute approximate surface area is 138 Å². The van der Waals surface area contributed by atoms with Crippen LogP contribution in [-0.2, 0) is 6.54 Å². The van der Waals surface area contributed by atoms with Crippen LogP contribution in [0.25, 0.3) is 0 Å². The van der Waals surface area contributed by atoms with Gasteiger partial charge in [0.2, 0.25) is 0 Å². The van der Waals surface area contributed by atoms with Crippen LogP contribution in [-0.4, -0.2) is 10.9 Å². The first-order valence-corrected chi connectivity index (χ1v) is 8.11. The average Bonchev–Trinajstić information content (AvgIpc) is 2.99. The molecular weight excluding hydrogens is 308 g/mol. The summed E-state index contributed by atoms with van der Waals surface area (Å²) in [6.45, 7) is 2.37. The van der Waals surface area contributed by atoms with E-state index in [4.69, 9.17) is 4.74 Å². The van der Waals surface area contributed by atoms with Gasteiger partial charge >= 0.3 is 0 Å². The van der Waals surface area contributed by atoms with Crippen LogP contribution in [0.4, 0.5) is 0 Å². The molecule has 3 aromatic rings. The van der Waals surface area contributed by atoms with Crippen molar-refractivity contribution in [2.24, 2.45) is 0 Å². The summed E-state index contributed by atoms with van der Waals surface area (Å²) in [7, 11) is 0. The number of rotatable bonds is 5. The van der Waals surface area contributed by atoms with Gasteiger partial charge in [0, 0.05) is 10.9 Å². The monoisotopic (exact) mass is 324 g/mol. The van der Waals surface area contributed by atoms with Gasteiger partial charge in [-0.05, 0) is 37.3 Å². The zero-order valence-corrected chi connectivity index (χ0v) is 13.5. The highest BCUT2D eigenvalue weighted by molar-refractivity contribution is 7.09. The molecular formula is C18H16N2O2S. The van der Waals surface area contributed by atoms with E-state index in [0.717, 1.165) is 16.5 Å². The van der Waals surface area contributed by atoms with Gasteiger partial charge in [0.15, 0.2) is 0 Å². The fourth-order valence-electron chi connectivity index (χ4n) is 2.09. The number of nitrogens with zero attached hydrogens (tertiary/aromatic N) is 1. The minimum atomic E-state index is -0.144. The second-order valence-corrected chi connectivity index (χ2v) is 6.05. The van der Waals surface area contributed by atoms with Crippen LogP contribution in [0, 0.1) is 6.92 Å². The third-order valence-electron chi connectivity index (χ3n) is 3.17. The second kappa shape index (κ2) is 7.07. The molecule has 1 heterocycles. The number of hydrogen-bond acceptors (Lipinski definition) is 4. The largest absolute Gasteiger partial charge is 0.457 e. The molecule has 3 rings (SSSR count). The average molecular weight is 324 g/mol. The number of aromatic nitrogens is 1. The van der Waals surface area contributed by atoms with Gasteiger partial charge in [0.1, 0.15) is 11.5 Å². The Kier molecular flexibility index (Phi) is 4.68. The quantitative estimate of drug-likeness (QED) is 0.766. The summed E-state index contributed by atoms with van der Waals surface area (Å²) in [6, 6.07) is 16.6. The second-order valence-electron chi connectivity index (χ2n) is 4.98. The van der Waals surface area contributed by atoms with Crippen molar-refractivity contribution in [1.82, 2.24) is 10.3 Å². The molecule has 0 bridgehead atoms. The number of nitrogens with one attached hydrogen (secondary N) is 1. The molecule has 1 amide bonds. The van der Waals surface area contributed by atoms with Crippen molar-refractivity contribution >= 4 is 17.2 Å². The highest BCUT2D eigenvalue weighted by Gasteiger charge is 2.08. The molecule has 1 aromatic heterocycles. The molecule has 0 fully saturated rings. The van der Waals surface area contributed by atoms with Gasteiger partial charge in [-0.15, -0.1) is 11.3 Å². The van der Waals surface area contributed by atoms with Gasteiger partial charge in [0.05, 0.1) is 17.2 Å². The van der Waals surface area contributed by atoms with Crippen LogP contribution in [0.5, 0.6) is 11.5 Å². The lowest BCUT2D eigenvalue weighted by atomic mass is 10.2. The van der Waals surface area contributed by atoms with Crippen molar-refractivity contribution in [2.45, 2.75) is 13.5 Å². The van der Waals surface area contributed by atoms with E-state index in [-0.39, 0.29) is 5.91 Å². The zero-order valence-electron chi connectivity index (χ0n) is 12.7. The van der Waals surface area contributed by atoms with Crippen molar-refractivity contribution < 1.29 is 9.53 Å². The lowest BCUT2D eigenvalue weighted by molar-refractivity contribution is 0.0950. The first kappa shape index (κ1) is 15.2. The molecule has 4 nitrogen and oxygen atoms in total. The number of carbonyl (C=O) groups excluding carboxylic acids is 1. The van der Waals surface area contributed by atoms with E-state index in [1.54, 1.807) is 29.5 Å². The zero-order chi connectivity index (χ0) is 16.1. The Morgan fingerprint density at radius 1 is 1.13 bits per heavy atom. The lowest BCUT2D eigenvalue weighted by Crippen LogP contribution is -2.22. The molecule has 2 aromatic carbocycles. The minimum Gasteiger partial charge on any atom is -0.457 e. The predicted molar refractivity (Wildman–Crippen MR) is 91.0 cm³/mol. The predicted octanol–water partition coefficient (Wildman–Crippen LogP) is 4.17. The Morgan fingerprint density at radius 2 is 1.91 bits per heavy atom. The molecule has 0 aliphatic rings. The first-order chi connectivity index (χ1) is 11.2. The number of carbonyl (C=O) groups is 1. The summed E-state index contributed by atoms with van der Waals surface area (Å²) >= 11 is 1.57. The van der Waals surface area contributed by atoms with Crippen LogP contribution in [0.1, 0.15) is 21.1 Å². The molecule has 0 unspecified atom stereocenters. The number of amides is 1. The minimum absolute atomic E-state index is 0.144. The maximum absolute atomic E-state index is 12.2. The number of hydrogen-bond donors (Lipinski definition) is 1. The molecule has 0 atom stereocenters. The van der Waals surface area contributed by atoms with E-state index in [2.05, 4.69) is 10.3 Å². The lowest BCUT2D eigenvalue weighted by Gasteiger charge is -2.08. The van der Waals surface area contributed by atoms with Gasteiger partial charge in [-0.1, -0.05) is 24.3 Å². The topological polar surface area (TPSA) is 51.2 Å². The number of benzene rings is 2. The van der Waals surface area contributed by atoms with Gasteiger partial charge in [-0.2, -0.15) is 0 Å². The molecule has 116 valence electrons. The number of aryl methyl sites for hydroxylation is 1. The van der Waals surface area contributed by atoms with Crippen LogP contribution in [0.15, 0.2) is 60.0 Å². The fourth-order valence-corrected chi connectivity index (χ4v) is 2.70. The smallest absolute Gasteiger partial charge is 0.251 e. The highest BCUT2D eigenvalue weighted by atomic mass is 32.1. The molecule has 23 heavy (non-hydrogen) atoms. The molecule has 0 radical (unpaired) electrons. The molecule has 0 saturated heterocycles. The number of ether oxygens (including phenoxy) is 1. The molecule has 0 saturated carbocycles. The van der Waals surface area contributed by atoms with Crippen molar-refractivity contribution in [3.8, 4) is 11.5 Å². The van der Waals surface area contributed by atoms with E-state index in [1.807, 2.05) is 48.7 Å². The van der Waals surface area contributed by atoms with E-state index < -0.39 is 0 Å². The molecule has 0 spiro atoms. The van der Waals surface area contributed by atoms with Crippen molar-refractivity contribution in [2.75, 3.05) is 0 Å². The Hall–Kier alpha value is -2.66. The van der Waals surface area contributed by atoms with Crippen LogP contribution in [0.3, 0.4) is 0 Å². The Morgan fingerprint density at radius 3 is 2.65 bits per heavy atom. The summed E-state index contributed by atoms with van der Waals surface area (Å²) in [6.07, 6.45) is 0. The maximum atomic E-state index is 12.2. The molecule has 0 aliphatic carbocycles. The van der Waals surface area contributed by atoms with Crippen molar-refractivity contribution in [3.63, 3.8) is 0 Å². The third-order valence-corrected chi connectivity index (χ3v) is 3.99. The van der Waals surface area contributed by atoms with Crippen LogP contribution < -0.4 is 10.1 Å². The number of thiazole rings is 1. The summed E-state index contributed by atoms with van der Waals surface area (Å²) in [5.41, 5.74) is 1.43. The SMILES string of the molecule is Cc1nc(CNC(=O)c2cccc(Oc3ccccc3)c2)cs1. The summed E-state index contributed by atoms with van der Waals surface area (Å²) in [5.74, 6) is 1.23. The van der Waals surface area contributed by atoms with E-state index in [1.165, 1.54) is 0 Å². The van der Waals surface area contributed by atoms with E-state index in [9.17, 15) is 4.79 Å². The fraction of sp³-hybridized carbons (Fsp3) is 0.111. The summed E-state index contributed by atoms with van der Waals surface area (Å²) in [4.78, 5) is 16.6. The Balaban J connectivity index is 1.65. The van der Waals surface area contributed by atoms with Gasteiger partial charge in [-0.3, -0.25) is 4.79 Å². The summed E-state index contributed by atoms with van der Waals surface area (Å²) in [5, 5.41) is 5.81. The molecule has 1 N–H and O–H groups in total. The van der Waals surface area contributed by atoms with Crippen LogP contribution >= 0.6 is 11.3 Å². The molecule has 0 aliphatic heterocycles. The maximum Gasteiger partial charge on any atom is 0.251 e.